The van der Waals surface area contributed by atoms with Crippen molar-refractivity contribution in [2.45, 2.75) is 13.8 Å². The van der Waals surface area contributed by atoms with E-state index in [4.69, 9.17) is 9.47 Å². The number of carbonyl (C=O) groups is 2. The summed E-state index contributed by atoms with van der Waals surface area (Å²) in [7, 11) is 3.03. The molecule has 21 heavy (non-hydrogen) atoms. The van der Waals surface area contributed by atoms with E-state index in [1.54, 1.807) is 18.2 Å². The van der Waals surface area contributed by atoms with Crippen LogP contribution in [0.15, 0.2) is 18.2 Å². The molecule has 116 valence electrons. The highest BCUT2D eigenvalue weighted by Crippen LogP contribution is 2.25. The number of nitrogens with zero attached hydrogens (tertiary/aromatic N) is 1. The van der Waals surface area contributed by atoms with Gasteiger partial charge in [0, 0.05) is 13.1 Å². The van der Waals surface area contributed by atoms with Crippen molar-refractivity contribution < 1.29 is 19.1 Å². The molecule has 0 aliphatic rings. The molecule has 0 saturated carbocycles. The molecule has 0 radical (unpaired) electrons. The molecule has 1 aromatic carbocycles. The quantitative estimate of drug-likeness (QED) is 0.823. The lowest BCUT2D eigenvalue weighted by atomic mass is 10.1. The molecule has 6 nitrogen and oxygen atoms in total. The number of methoxy groups -OCH3 is 2. The van der Waals surface area contributed by atoms with Crippen LogP contribution < -0.4 is 14.8 Å². The number of hydrogen-bond acceptors (Lipinski definition) is 4. The third-order valence-corrected chi connectivity index (χ3v) is 3.01. The van der Waals surface area contributed by atoms with E-state index in [1.807, 2.05) is 13.8 Å². The molecule has 0 spiro atoms. The van der Waals surface area contributed by atoms with Crippen molar-refractivity contribution in [3.05, 3.63) is 23.8 Å². The van der Waals surface area contributed by atoms with Gasteiger partial charge in [0.15, 0.2) is 0 Å². The number of nitrogens with one attached hydrogen (secondary N) is 1. The second-order valence-electron chi connectivity index (χ2n) is 4.34. The van der Waals surface area contributed by atoms with Gasteiger partial charge in [0.1, 0.15) is 11.5 Å². The molecule has 0 bridgehead atoms. The fourth-order valence-electron chi connectivity index (χ4n) is 1.91. The van der Waals surface area contributed by atoms with Crippen molar-refractivity contribution in [1.82, 2.24) is 10.2 Å². The second-order valence-corrected chi connectivity index (χ2v) is 4.34. The van der Waals surface area contributed by atoms with Crippen LogP contribution in [0.5, 0.6) is 11.5 Å². The number of benzene rings is 1. The Labute approximate surface area is 125 Å². The van der Waals surface area contributed by atoms with Gasteiger partial charge in [0.2, 0.25) is 5.91 Å². The Morgan fingerprint density at radius 3 is 2.43 bits per heavy atom. The van der Waals surface area contributed by atoms with E-state index >= 15 is 0 Å². The van der Waals surface area contributed by atoms with E-state index in [0.29, 0.717) is 30.2 Å². The van der Waals surface area contributed by atoms with Crippen LogP contribution in [0.2, 0.25) is 0 Å². The predicted octanol–water partition coefficient (Wildman–Crippen LogP) is 1.30. The Bertz CT molecular complexity index is 502. The minimum Gasteiger partial charge on any atom is -0.497 e. The molecule has 1 N–H and O–H groups in total. The minimum absolute atomic E-state index is 0.0174. The zero-order valence-corrected chi connectivity index (χ0v) is 12.9. The van der Waals surface area contributed by atoms with E-state index in [1.165, 1.54) is 19.1 Å². The van der Waals surface area contributed by atoms with E-state index < -0.39 is 0 Å². The molecule has 0 aromatic heterocycles. The Balaban J connectivity index is 3.00. The van der Waals surface area contributed by atoms with E-state index in [2.05, 4.69) is 5.32 Å². The number of carbonyl (C=O) groups excluding carboxylic acids is 2. The van der Waals surface area contributed by atoms with Gasteiger partial charge in [-0.3, -0.25) is 9.59 Å². The summed E-state index contributed by atoms with van der Waals surface area (Å²) in [6, 6.07) is 5.00. The molecule has 0 heterocycles. The predicted molar refractivity (Wildman–Crippen MR) is 79.8 cm³/mol. The number of hydrogen-bond donors (Lipinski definition) is 1. The summed E-state index contributed by atoms with van der Waals surface area (Å²) < 4.78 is 10.3. The van der Waals surface area contributed by atoms with Crippen LogP contribution in [0.25, 0.3) is 0 Å². The van der Waals surface area contributed by atoms with Crippen molar-refractivity contribution in [2.75, 3.05) is 33.9 Å². The molecular weight excluding hydrogens is 272 g/mol. The lowest BCUT2D eigenvalue weighted by molar-refractivity contribution is -0.121. The maximum atomic E-state index is 12.6. The fourth-order valence-corrected chi connectivity index (χ4v) is 1.91. The highest BCUT2D eigenvalue weighted by molar-refractivity contribution is 5.99. The van der Waals surface area contributed by atoms with Gasteiger partial charge in [-0.2, -0.15) is 0 Å². The van der Waals surface area contributed by atoms with Crippen molar-refractivity contribution in [1.29, 1.82) is 0 Å². The van der Waals surface area contributed by atoms with Crippen molar-refractivity contribution in [2.24, 2.45) is 0 Å². The van der Waals surface area contributed by atoms with Crippen LogP contribution in [0, 0.1) is 0 Å². The average molecular weight is 294 g/mol. The van der Waals surface area contributed by atoms with Crippen LogP contribution >= 0.6 is 0 Å². The first-order chi connectivity index (χ1) is 10.1. The normalized spacial score (nSPS) is 9.90. The molecule has 0 aliphatic carbocycles. The van der Waals surface area contributed by atoms with Crippen molar-refractivity contribution in [3.63, 3.8) is 0 Å². The molecule has 0 saturated heterocycles. The lowest BCUT2D eigenvalue weighted by Crippen LogP contribution is -2.40. The Morgan fingerprint density at radius 1 is 1.19 bits per heavy atom. The van der Waals surface area contributed by atoms with Gasteiger partial charge < -0.3 is 19.7 Å². The SMILES string of the molecule is CCNC(=O)CN(CC)C(=O)c1cc(OC)ccc1OC. The molecular formula is C15H22N2O4. The van der Waals surface area contributed by atoms with E-state index in [-0.39, 0.29) is 18.4 Å². The van der Waals surface area contributed by atoms with Crippen LogP contribution in [0.1, 0.15) is 24.2 Å². The summed E-state index contributed by atoms with van der Waals surface area (Å²) in [6.07, 6.45) is 0. The van der Waals surface area contributed by atoms with Crippen LogP contribution in [0.4, 0.5) is 0 Å². The van der Waals surface area contributed by atoms with Crippen LogP contribution in [-0.2, 0) is 4.79 Å². The van der Waals surface area contributed by atoms with Crippen LogP contribution in [0.3, 0.4) is 0 Å². The molecule has 0 aliphatic heterocycles. The molecule has 1 rings (SSSR count). The first-order valence-electron chi connectivity index (χ1n) is 6.85. The zero-order chi connectivity index (χ0) is 15.8. The number of ether oxygens (including phenoxy) is 2. The number of amides is 2. The number of likely N-dealkylation sites (N-methyl/N-ethyl adjacent to an activating group) is 2. The maximum absolute atomic E-state index is 12.6. The summed E-state index contributed by atoms with van der Waals surface area (Å²) >= 11 is 0. The fraction of sp³-hybridized carbons (Fsp3) is 0.467. The van der Waals surface area contributed by atoms with Gasteiger partial charge >= 0.3 is 0 Å². The van der Waals surface area contributed by atoms with Crippen LogP contribution in [-0.4, -0.2) is 50.6 Å². The Morgan fingerprint density at radius 2 is 1.90 bits per heavy atom. The first-order valence-corrected chi connectivity index (χ1v) is 6.85. The molecule has 0 atom stereocenters. The second kappa shape index (κ2) is 8.14. The van der Waals surface area contributed by atoms with E-state index in [0.717, 1.165) is 0 Å². The summed E-state index contributed by atoms with van der Waals surface area (Å²) in [5.74, 6) is 0.567. The summed E-state index contributed by atoms with van der Waals surface area (Å²) in [4.78, 5) is 25.7. The van der Waals surface area contributed by atoms with Crippen molar-refractivity contribution in [3.8, 4) is 11.5 Å². The third kappa shape index (κ3) is 4.37. The Kier molecular flexibility index (Phi) is 6.52. The van der Waals surface area contributed by atoms with Gasteiger partial charge in [0.05, 0.1) is 26.3 Å². The summed E-state index contributed by atoms with van der Waals surface area (Å²) in [6.45, 7) is 4.64. The van der Waals surface area contributed by atoms with Crippen molar-refractivity contribution >= 4 is 11.8 Å². The van der Waals surface area contributed by atoms with Gasteiger partial charge in [-0.25, -0.2) is 0 Å². The van der Waals surface area contributed by atoms with Gasteiger partial charge in [-0.05, 0) is 32.0 Å². The smallest absolute Gasteiger partial charge is 0.258 e. The van der Waals surface area contributed by atoms with Gasteiger partial charge in [-0.15, -0.1) is 0 Å². The highest BCUT2D eigenvalue weighted by Gasteiger charge is 2.21. The lowest BCUT2D eigenvalue weighted by Gasteiger charge is -2.21. The zero-order valence-electron chi connectivity index (χ0n) is 12.9. The Hall–Kier alpha value is -2.24. The largest absolute Gasteiger partial charge is 0.497 e. The van der Waals surface area contributed by atoms with Gasteiger partial charge in [0.25, 0.3) is 5.91 Å². The molecule has 2 amide bonds. The third-order valence-electron chi connectivity index (χ3n) is 3.01. The molecule has 1 aromatic rings. The van der Waals surface area contributed by atoms with Gasteiger partial charge in [-0.1, -0.05) is 0 Å². The summed E-state index contributed by atoms with van der Waals surface area (Å²) in [5.41, 5.74) is 0.378. The molecule has 6 heteroatoms. The monoisotopic (exact) mass is 294 g/mol. The topological polar surface area (TPSA) is 67.9 Å². The summed E-state index contributed by atoms with van der Waals surface area (Å²) in [5, 5.41) is 2.68. The standard InChI is InChI=1S/C15H22N2O4/c1-5-16-14(18)10-17(6-2)15(19)12-9-11(20-3)7-8-13(12)21-4/h7-9H,5-6,10H2,1-4H3,(H,16,18). The minimum atomic E-state index is -0.264. The first kappa shape index (κ1) is 16.8. The maximum Gasteiger partial charge on any atom is 0.258 e. The molecule has 0 fully saturated rings. The average Bonchev–Trinajstić information content (AvgIpc) is 2.51. The number of rotatable bonds is 7. The molecule has 0 unspecified atom stereocenters. The highest BCUT2D eigenvalue weighted by atomic mass is 16.5. The van der Waals surface area contributed by atoms with E-state index in [9.17, 15) is 9.59 Å².